The molecule has 20 heavy (non-hydrogen) atoms. The number of nitrogens with zero attached hydrogens (tertiary/aromatic N) is 3. The first-order valence-electron chi connectivity index (χ1n) is 7.07. The molecule has 1 aromatic heterocycles. The fraction of sp³-hybridized carbons (Fsp3) is 0.375. The molecule has 2 aromatic rings. The fourth-order valence-electron chi connectivity index (χ4n) is 2.64. The summed E-state index contributed by atoms with van der Waals surface area (Å²) in [6.45, 7) is 4.52. The van der Waals surface area contributed by atoms with Crippen LogP contribution in [0.15, 0.2) is 42.6 Å². The molecule has 0 N–H and O–H groups in total. The van der Waals surface area contributed by atoms with E-state index in [4.69, 9.17) is 0 Å². The van der Waals surface area contributed by atoms with Crippen LogP contribution in [-0.4, -0.2) is 33.6 Å². The van der Waals surface area contributed by atoms with E-state index in [0.29, 0.717) is 12.2 Å². The summed E-state index contributed by atoms with van der Waals surface area (Å²) in [6, 6.07) is 12.1. The van der Waals surface area contributed by atoms with E-state index >= 15 is 0 Å². The molecule has 1 aliphatic heterocycles. The Morgan fingerprint density at radius 3 is 2.80 bits per heavy atom. The smallest absolute Gasteiger partial charge is 0.138 e. The van der Waals surface area contributed by atoms with Crippen molar-refractivity contribution in [1.29, 1.82) is 0 Å². The second-order valence-corrected chi connectivity index (χ2v) is 5.44. The van der Waals surface area contributed by atoms with E-state index in [1.165, 1.54) is 0 Å². The Labute approximate surface area is 119 Å². The number of carbonyl (C=O) groups excluding carboxylic acids is 1. The van der Waals surface area contributed by atoms with Crippen molar-refractivity contribution in [1.82, 2.24) is 14.7 Å². The van der Waals surface area contributed by atoms with Crippen molar-refractivity contribution in [3.63, 3.8) is 0 Å². The van der Waals surface area contributed by atoms with Gasteiger partial charge >= 0.3 is 0 Å². The highest BCUT2D eigenvalue weighted by Gasteiger charge is 2.23. The highest BCUT2D eigenvalue weighted by Crippen LogP contribution is 2.15. The first-order chi connectivity index (χ1) is 9.72. The molecule has 2 heterocycles. The van der Waals surface area contributed by atoms with Crippen molar-refractivity contribution in [3.8, 4) is 5.69 Å². The summed E-state index contributed by atoms with van der Waals surface area (Å²) in [5, 5.41) is 4.61. The van der Waals surface area contributed by atoms with E-state index < -0.39 is 0 Å². The molecule has 0 spiro atoms. The zero-order valence-corrected chi connectivity index (χ0v) is 11.7. The molecule has 0 radical (unpaired) electrons. The van der Waals surface area contributed by atoms with Crippen LogP contribution in [0.1, 0.15) is 19.0 Å². The van der Waals surface area contributed by atoms with E-state index in [1.807, 2.05) is 54.2 Å². The molecule has 1 atom stereocenters. The van der Waals surface area contributed by atoms with Crippen LogP contribution in [0.4, 0.5) is 0 Å². The van der Waals surface area contributed by atoms with Gasteiger partial charge in [0.25, 0.3) is 0 Å². The fourth-order valence-corrected chi connectivity index (χ4v) is 2.64. The van der Waals surface area contributed by atoms with Gasteiger partial charge in [0.2, 0.25) is 0 Å². The molecular formula is C16H19N3O. The molecule has 1 aromatic carbocycles. The maximum atomic E-state index is 11.5. The summed E-state index contributed by atoms with van der Waals surface area (Å²) in [4.78, 5) is 13.8. The lowest BCUT2D eigenvalue weighted by Gasteiger charge is -2.29. The van der Waals surface area contributed by atoms with Crippen molar-refractivity contribution in [2.24, 2.45) is 5.92 Å². The second kappa shape index (κ2) is 5.59. The van der Waals surface area contributed by atoms with Crippen LogP contribution in [0, 0.1) is 5.92 Å². The van der Waals surface area contributed by atoms with Crippen molar-refractivity contribution in [2.45, 2.75) is 19.9 Å². The summed E-state index contributed by atoms with van der Waals surface area (Å²) >= 11 is 0. The Bertz CT molecular complexity index is 591. The number of Topliss-reactive ketones (excluding diaryl/α,β-unsaturated/α-hetero) is 1. The molecule has 0 saturated carbocycles. The monoisotopic (exact) mass is 269 g/mol. The molecule has 1 unspecified atom stereocenters. The third kappa shape index (κ3) is 2.80. The number of ketones is 1. The number of piperidine rings is 1. The van der Waals surface area contributed by atoms with Gasteiger partial charge in [-0.2, -0.15) is 5.10 Å². The second-order valence-electron chi connectivity index (χ2n) is 5.44. The Hall–Kier alpha value is -1.94. The molecule has 1 saturated heterocycles. The lowest BCUT2D eigenvalue weighted by Crippen LogP contribution is -2.39. The van der Waals surface area contributed by atoms with E-state index in [9.17, 15) is 4.79 Å². The lowest BCUT2D eigenvalue weighted by atomic mass is 9.98. The van der Waals surface area contributed by atoms with Gasteiger partial charge in [-0.3, -0.25) is 9.69 Å². The predicted octanol–water partition coefficient (Wildman–Crippen LogP) is 2.28. The Morgan fingerprint density at radius 2 is 2.05 bits per heavy atom. The molecule has 104 valence electrons. The number of hydrogen-bond acceptors (Lipinski definition) is 3. The molecule has 4 heteroatoms. The van der Waals surface area contributed by atoms with E-state index in [0.717, 1.165) is 31.0 Å². The molecule has 3 rings (SSSR count). The van der Waals surface area contributed by atoms with Crippen LogP contribution in [0.2, 0.25) is 0 Å². The average Bonchev–Trinajstić information content (AvgIpc) is 2.92. The lowest BCUT2D eigenvalue weighted by molar-refractivity contribution is -0.125. The first kappa shape index (κ1) is 13.1. The van der Waals surface area contributed by atoms with Crippen LogP contribution in [0.3, 0.4) is 0 Å². The minimum Gasteiger partial charge on any atom is -0.299 e. The quantitative estimate of drug-likeness (QED) is 0.858. The number of para-hydroxylation sites is 1. The number of likely N-dealkylation sites (tertiary alicyclic amines) is 1. The molecule has 4 nitrogen and oxygen atoms in total. The van der Waals surface area contributed by atoms with Gasteiger partial charge in [-0.25, -0.2) is 4.68 Å². The summed E-state index contributed by atoms with van der Waals surface area (Å²) in [5.74, 6) is 0.538. The molecule has 0 aliphatic carbocycles. The van der Waals surface area contributed by atoms with Gasteiger partial charge in [-0.15, -0.1) is 0 Å². The summed E-state index contributed by atoms with van der Waals surface area (Å²) in [7, 11) is 0. The van der Waals surface area contributed by atoms with Gasteiger partial charge in [-0.1, -0.05) is 25.1 Å². The molecular weight excluding hydrogens is 250 g/mol. The van der Waals surface area contributed by atoms with Gasteiger partial charge in [-0.05, 0) is 18.2 Å². The van der Waals surface area contributed by atoms with Crippen LogP contribution in [0.5, 0.6) is 0 Å². The number of hydrogen-bond donors (Lipinski definition) is 0. The largest absolute Gasteiger partial charge is 0.299 e. The Balaban J connectivity index is 1.67. The van der Waals surface area contributed by atoms with Crippen LogP contribution in [0.25, 0.3) is 5.69 Å². The molecule has 1 aliphatic rings. The van der Waals surface area contributed by atoms with Gasteiger partial charge < -0.3 is 0 Å². The van der Waals surface area contributed by atoms with Gasteiger partial charge in [0, 0.05) is 38.2 Å². The van der Waals surface area contributed by atoms with Gasteiger partial charge in [0.1, 0.15) is 5.78 Å². The highest BCUT2D eigenvalue weighted by atomic mass is 16.1. The van der Waals surface area contributed by atoms with E-state index in [-0.39, 0.29) is 5.92 Å². The van der Waals surface area contributed by atoms with Crippen molar-refractivity contribution >= 4 is 5.78 Å². The zero-order valence-electron chi connectivity index (χ0n) is 11.7. The number of rotatable bonds is 3. The van der Waals surface area contributed by atoms with Crippen LogP contribution < -0.4 is 0 Å². The molecule has 0 amide bonds. The minimum atomic E-state index is 0.153. The number of carbonyl (C=O) groups is 1. The van der Waals surface area contributed by atoms with Crippen molar-refractivity contribution in [2.75, 3.05) is 13.1 Å². The predicted molar refractivity (Wildman–Crippen MR) is 77.6 cm³/mol. The standard InChI is InChI=1S/C16H19N3O/c1-13-11-18(9-8-16(13)20)12-14-7-10-19(17-14)15-5-3-2-4-6-15/h2-7,10,13H,8-9,11-12H2,1H3. The van der Waals surface area contributed by atoms with Gasteiger partial charge in [0.05, 0.1) is 11.4 Å². The normalized spacial score (nSPS) is 20.2. The SMILES string of the molecule is CC1CN(Cc2ccn(-c3ccccc3)n2)CCC1=O. The number of benzene rings is 1. The third-order valence-corrected chi connectivity index (χ3v) is 3.81. The summed E-state index contributed by atoms with van der Waals surface area (Å²) in [5.41, 5.74) is 2.12. The first-order valence-corrected chi connectivity index (χ1v) is 7.07. The van der Waals surface area contributed by atoms with Crippen molar-refractivity contribution < 1.29 is 4.79 Å². The summed E-state index contributed by atoms with van der Waals surface area (Å²) in [6.07, 6.45) is 2.66. The summed E-state index contributed by atoms with van der Waals surface area (Å²) < 4.78 is 1.90. The zero-order chi connectivity index (χ0) is 13.9. The van der Waals surface area contributed by atoms with E-state index in [1.54, 1.807) is 0 Å². The highest BCUT2D eigenvalue weighted by molar-refractivity contribution is 5.81. The maximum Gasteiger partial charge on any atom is 0.138 e. The van der Waals surface area contributed by atoms with Crippen LogP contribution >= 0.6 is 0 Å². The minimum absolute atomic E-state index is 0.153. The van der Waals surface area contributed by atoms with Gasteiger partial charge in [0.15, 0.2) is 0 Å². The Kier molecular flexibility index (Phi) is 3.65. The van der Waals surface area contributed by atoms with Crippen molar-refractivity contribution in [3.05, 3.63) is 48.3 Å². The topological polar surface area (TPSA) is 38.1 Å². The molecule has 0 bridgehead atoms. The van der Waals surface area contributed by atoms with Crippen LogP contribution in [-0.2, 0) is 11.3 Å². The van der Waals surface area contributed by atoms with E-state index in [2.05, 4.69) is 10.00 Å². The number of aromatic nitrogens is 2. The third-order valence-electron chi connectivity index (χ3n) is 3.81. The maximum absolute atomic E-state index is 11.5. The average molecular weight is 269 g/mol. The molecule has 1 fully saturated rings. The Morgan fingerprint density at radius 1 is 1.25 bits per heavy atom.